The van der Waals surface area contributed by atoms with Gasteiger partial charge in [0.15, 0.2) is 6.29 Å². The molecule has 0 aromatic carbocycles. The number of aliphatic hydroxyl groups is 3. The number of carbonyl (C=O) groups is 1. The first kappa shape index (κ1) is 24.0. The van der Waals surface area contributed by atoms with Crippen LogP contribution in [0.3, 0.4) is 0 Å². The maximum Gasteiger partial charge on any atom is 0.307 e. The second kappa shape index (κ2) is 8.16. The van der Waals surface area contributed by atoms with Crippen LogP contribution in [0.15, 0.2) is 0 Å². The largest absolute Gasteiger partial charge is 0.481 e. The van der Waals surface area contributed by atoms with Crippen molar-refractivity contribution in [2.45, 2.75) is 121 Å². The zero-order valence-corrected chi connectivity index (χ0v) is 20.3. The summed E-state index contributed by atoms with van der Waals surface area (Å²) in [6, 6.07) is 0. The van der Waals surface area contributed by atoms with E-state index in [-0.39, 0.29) is 17.4 Å². The maximum absolute atomic E-state index is 12.0. The van der Waals surface area contributed by atoms with Crippen LogP contribution in [0.2, 0.25) is 0 Å². The van der Waals surface area contributed by atoms with Gasteiger partial charge < -0.3 is 29.9 Å². The summed E-state index contributed by atoms with van der Waals surface area (Å²) in [7, 11) is 0. The van der Waals surface area contributed by atoms with E-state index in [2.05, 4.69) is 6.92 Å². The van der Waals surface area contributed by atoms with Gasteiger partial charge >= 0.3 is 5.97 Å². The van der Waals surface area contributed by atoms with Crippen molar-refractivity contribution in [3.05, 3.63) is 0 Å². The Morgan fingerprint density at radius 2 is 1.73 bits per heavy atom. The van der Waals surface area contributed by atoms with Gasteiger partial charge in [-0.25, -0.2) is 0 Å². The number of rotatable bonds is 3. The lowest BCUT2D eigenvalue weighted by Crippen LogP contribution is -2.62. The van der Waals surface area contributed by atoms with Gasteiger partial charge in [-0.05, 0) is 87.9 Å². The Morgan fingerprint density at radius 3 is 2.42 bits per heavy atom. The summed E-state index contributed by atoms with van der Waals surface area (Å²) in [5.74, 6) is -0.0749. The zero-order valence-electron chi connectivity index (χ0n) is 20.3. The molecule has 0 spiro atoms. The number of ether oxygens (including phenoxy) is 2. The monoisotopic (exact) mass is 466 g/mol. The summed E-state index contributed by atoms with van der Waals surface area (Å²) < 4.78 is 12.1. The summed E-state index contributed by atoms with van der Waals surface area (Å²) >= 11 is 0. The lowest BCUT2D eigenvalue weighted by atomic mass is 9.43. The second-order valence-electron chi connectivity index (χ2n) is 12.4. The van der Waals surface area contributed by atoms with Gasteiger partial charge in [-0.1, -0.05) is 13.8 Å². The van der Waals surface area contributed by atoms with E-state index >= 15 is 0 Å². The molecular formula is C26H42O7. The third-order valence-corrected chi connectivity index (χ3v) is 11.1. The summed E-state index contributed by atoms with van der Waals surface area (Å²) in [5.41, 5.74) is -1.26. The van der Waals surface area contributed by atoms with Crippen molar-refractivity contribution in [2.75, 3.05) is 0 Å². The van der Waals surface area contributed by atoms with E-state index in [0.717, 1.165) is 44.9 Å². The average Bonchev–Trinajstić information content (AvgIpc) is 3.04. The van der Waals surface area contributed by atoms with Crippen molar-refractivity contribution in [2.24, 2.45) is 34.5 Å². The molecule has 4 saturated carbocycles. The van der Waals surface area contributed by atoms with Crippen LogP contribution >= 0.6 is 0 Å². The second-order valence-corrected chi connectivity index (χ2v) is 12.4. The van der Waals surface area contributed by atoms with E-state index in [1.165, 1.54) is 0 Å². The molecule has 33 heavy (non-hydrogen) atoms. The van der Waals surface area contributed by atoms with Gasteiger partial charge in [0.05, 0.1) is 29.8 Å². The van der Waals surface area contributed by atoms with Crippen LogP contribution < -0.4 is 0 Å². The summed E-state index contributed by atoms with van der Waals surface area (Å²) in [6.45, 7) is 6.20. The minimum absolute atomic E-state index is 0.0825. The number of carboxylic acids is 1. The third-order valence-electron chi connectivity index (χ3n) is 11.1. The zero-order chi connectivity index (χ0) is 23.8. The fourth-order valence-electron chi connectivity index (χ4n) is 9.03. The highest BCUT2D eigenvalue weighted by Gasteiger charge is 2.68. The van der Waals surface area contributed by atoms with Crippen molar-refractivity contribution < 1.29 is 34.7 Å². The molecule has 1 aliphatic heterocycles. The van der Waals surface area contributed by atoms with E-state index < -0.39 is 47.5 Å². The Bertz CT molecular complexity index is 762. The van der Waals surface area contributed by atoms with Crippen LogP contribution in [0.5, 0.6) is 0 Å². The van der Waals surface area contributed by atoms with Gasteiger partial charge in [-0.2, -0.15) is 0 Å². The van der Waals surface area contributed by atoms with Gasteiger partial charge in [0.2, 0.25) is 0 Å². The van der Waals surface area contributed by atoms with E-state index in [4.69, 9.17) is 9.47 Å². The maximum atomic E-state index is 12.0. The first-order valence-electron chi connectivity index (χ1n) is 13.1. The molecule has 1 saturated heterocycles. The van der Waals surface area contributed by atoms with Crippen LogP contribution in [-0.2, 0) is 14.3 Å². The van der Waals surface area contributed by atoms with E-state index in [9.17, 15) is 25.2 Å². The molecule has 4 N–H and O–H groups in total. The smallest absolute Gasteiger partial charge is 0.307 e. The molecule has 4 aliphatic carbocycles. The van der Waals surface area contributed by atoms with Gasteiger partial charge in [0.25, 0.3) is 0 Å². The molecule has 0 radical (unpaired) electrons. The molecule has 1 heterocycles. The molecule has 1 unspecified atom stereocenters. The van der Waals surface area contributed by atoms with Crippen molar-refractivity contribution in [3.8, 4) is 0 Å². The van der Waals surface area contributed by atoms with E-state index in [0.29, 0.717) is 31.1 Å². The van der Waals surface area contributed by atoms with Gasteiger partial charge in [0, 0.05) is 11.8 Å². The van der Waals surface area contributed by atoms with E-state index in [1.807, 2.05) is 6.92 Å². The number of aliphatic hydroxyl groups excluding tert-OH is 2. The van der Waals surface area contributed by atoms with Gasteiger partial charge in [0.1, 0.15) is 6.10 Å². The SMILES string of the molecule is CC1O[C@@H](O[C@H]2CC[C@@]3(C)[C@H](CC[C@@H]4[C@@H]3CC[C@]3(C)[C@@H](C(=O)O)CC[C@]43O)C2)C[C@@H](O)[C@@H]1O. The number of hydrogen-bond acceptors (Lipinski definition) is 6. The highest BCUT2D eigenvalue weighted by atomic mass is 16.7. The average molecular weight is 467 g/mol. The van der Waals surface area contributed by atoms with Gasteiger partial charge in [-0.15, -0.1) is 0 Å². The molecule has 0 bridgehead atoms. The van der Waals surface area contributed by atoms with Crippen molar-refractivity contribution >= 4 is 5.97 Å². The molecule has 0 amide bonds. The Balaban J connectivity index is 1.28. The molecule has 7 heteroatoms. The molecule has 5 rings (SSSR count). The number of aliphatic carboxylic acids is 1. The highest BCUT2D eigenvalue weighted by Crippen LogP contribution is 2.69. The Kier molecular flexibility index (Phi) is 5.93. The molecule has 5 fully saturated rings. The topological polar surface area (TPSA) is 116 Å². The minimum atomic E-state index is -0.872. The molecular weight excluding hydrogens is 424 g/mol. The Labute approximate surface area is 196 Å². The van der Waals surface area contributed by atoms with Crippen LogP contribution in [0.1, 0.15) is 85.0 Å². The predicted molar refractivity (Wildman–Crippen MR) is 120 cm³/mol. The quantitative estimate of drug-likeness (QED) is 0.472. The lowest BCUT2D eigenvalue weighted by Gasteiger charge is -2.63. The van der Waals surface area contributed by atoms with Crippen LogP contribution in [-0.4, -0.2) is 62.7 Å². The fraction of sp³-hybridized carbons (Fsp3) is 0.962. The van der Waals surface area contributed by atoms with E-state index in [1.54, 1.807) is 6.92 Å². The summed E-state index contributed by atoms with van der Waals surface area (Å²) in [6.07, 6.45) is 5.67. The molecule has 188 valence electrons. The Hall–Kier alpha value is -0.730. The van der Waals surface area contributed by atoms with Gasteiger partial charge in [-0.3, -0.25) is 4.79 Å². The summed E-state index contributed by atoms with van der Waals surface area (Å²) in [5, 5.41) is 41.8. The predicted octanol–water partition coefficient (Wildman–Crippen LogP) is 3.09. The Morgan fingerprint density at radius 1 is 0.970 bits per heavy atom. The highest BCUT2D eigenvalue weighted by molar-refractivity contribution is 5.72. The van der Waals surface area contributed by atoms with Crippen molar-refractivity contribution in [1.82, 2.24) is 0 Å². The first-order valence-corrected chi connectivity index (χ1v) is 13.1. The molecule has 0 aromatic rings. The number of fused-ring (bicyclic) bond motifs is 5. The third kappa shape index (κ3) is 3.52. The van der Waals surface area contributed by atoms with Crippen LogP contribution in [0.25, 0.3) is 0 Å². The van der Waals surface area contributed by atoms with Crippen LogP contribution in [0.4, 0.5) is 0 Å². The summed E-state index contributed by atoms with van der Waals surface area (Å²) in [4.78, 5) is 11.9. The lowest BCUT2D eigenvalue weighted by molar-refractivity contribution is -0.271. The standard InChI is InChI=1S/C26H42O7/c1-14-22(28)20(27)13-21(32-14)33-16-6-9-24(2)15(12-16)4-5-18-17(24)7-10-25(3)19(23(29)30)8-11-26(18,25)31/h14-22,27-28,31H,4-13H2,1-3H3,(H,29,30)/t14?,15-,16+,17+,18-,19-,20-,21+,22-,24+,25-,26+/m1/s1. The normalized spacial score (nSPS) is 56.5. The van der Waals surface area contributed by atoms with Crippen molar-refractivity contribution in [1.29, 1.82) is 0 Å². The first-order chi connectivity index (χ1) is 15.5. The fourth-order valence-corrected chi connectivity index (χ4v) is 9.03. The minimum Gasteiger partial charge on any atom is -0.481 e. The molecule has 0 aromatic heterocycles. The molecule has 7 nitrogen and oxygen atoms in total. The number of carboxylic acid groups (broad SMARTS) is 1. The van der Waals surface area contributed by atoms with Crippen molar-refractivity contribution in [3.63, 3.8) is 0 Å². The molecule has 5 aliphatic rings. The number of hydrogen-bond donors (Lipinski definition) is 4. The molecule has 12 atom stereocenters. The van der Waals surface area contributed by atoms with Crippen LogP contribution in [0, 0.1) is 34.5 Å².